The molecule has 4 N–H and O–H groups in total. The Morgan fingerprint density at radius 3 is 0.842 bits per heavy atom. The molecule has 3 atom stereocenters. The number of hydrogen-bond acceptors (Lipinski definition) is 4. The Morgan fingerprint density at radius 2 is 0.596 bits per heavy atom. The molecule has 0 saturated heterocycles. The van der Waals surface area contributed by atoms with Crippen LogP contribution in [0.5, 0.6) is 0 Å². The van der Waals surface area contributed by atoms with Gasteiger partial charge in [-0.05, 0) is 12.8 Å². The lowest BCUT2D eigenvalue weighted by molar-refractivity contribution is -0.124. The van der Waals surface area contributed by atoms with Gasteiger partial charge < -0.3 is 20.6 Å². The van der Waals surface area contributed by atoms with E-state index in [1.807, 2.05) is 0 Å². The zero-order chi connectivity index (χ0) is 41.5. The largest absolute Gasteiger partial charge is 0.394 e. The molecule has 0 aromatic rings. The summed E-state index contributed by atoms with van der Waals surface area (Å²) in [5, 5.41) is 33.7. The van der Waals surface area contributed by atoms with E-state index < -0.39 is 18.2 Å². The Labute approximate surface area is 357 Å². The Balaban J connectivity index is 3.52. The molecular weight excluding hydrogens is 703 g/mol. The zero-order valence-corrected chi connectivity index (χ0v) is 39.0. The number of aliphatic hydroxyl groups is 3. The second kappa shape index (κ2) is 48.0. The highest BCUT2D eigenvalue weighted by atomic mass is 16.3. The summed E-state index contributed by atoms with van der Waals surface area (Å²) in [5.74, 6) is -0.137. The SMILES string of the molecule is CCCCCCCCCCCCCCCCCCCCCCCCC(O)C(O)C(CO)NC(=O)CCCCCCCCCCCCCCCCCCCCCCC. The normalized spacial score (nSPS) is 13.3. The topological polar surface area (TPSA) is 89.8 Å². The molecule has 0 aliphatic heterocycles. The van der Waals surface area contributed by atoms with Gasteiger partial charge in [0.05, 0.1) is 18.8 Å². The number of hydrogen-bond donors (Lipinski definition) is 4. The Kier molecular flexibility index (Phi) is 47.5. The predicted molar refractivity (Wildman–Crippen MR) is 250 cm³/mol. The van der Waals surface area contributed by atoms with E-state index >= 15 is 0 Å². The van der Waals surface area contributed by atoms with Gasteiger partial charge in [-0.3, -0.25) is 4.79 Å². The second-order valence-electron chi connectivity index (χ2n) is 18.4. The van der Waals surface area contributed by atoms with Crippen LogP contribution in [0.3, 0.4) is 0 Å². The first-order chi connectivity index (χ1) is 28.1. The van der Waals surface area contributed by atoms with Crippen LogP contribution in [0.1, 0.15) is 303 Å². The number of aliphatic hydroxyl groups excluding tert-OH is 3. The van der Waals surface area contributed by atoms with Gasteiger partial charge in [0.25, 0.3) is 0 Å². The van der Waals surface area contributed by atoms with Gasteiger partial charge in [0.1, 0.15) is 6.10 Å². The smallest absolute Gasteiger partial charge is 0.220 e. The van der Waals surface area contributed by atoms with Crippen molar-refractivity contribution in [2.45, 2.75) is 321 Å². The summed E-state index contributed by atoms with van der Waals surface area (Å²) in [6.45, 7) is 4.22. The highest BCUT2D eigenvalue weighted by Crippen LogP contribution is 2.18. The quantitative estimate of drug-likeness (QED) is 0.0461. The molecule has 0 rings (SSSR count). The lowest BCUT2D eigenvalue weighted by atomic mass is 9.99. The molecule has 0 spiro atoms. The van der Waals surface area contributed by atoms with Crippen LogP contribution in [-0.4, -0.2) is 46.1 Å². The average molecular weight is 808 g/mol. The van der Waals surface area contributed by atoms with Crippen molar-refractivity contribution in [3.05, 3.63) is 0 Å². The van der Waals surface area contributed by atoms with Crippen LogP contribution in [0.4, 0.5) is 0 Å². The molecule has 3 unspecified atom stereocenters. The van der Waals surface area contributed by atoms with Crippen molar-refractivity contribution in [2.75, 3.05) is 6.61 Å². The van der Waals surface area contributed by atoms with Crippen molar-refractivity contribution in [2.24, 2.45) is 0 Å². The van der Waals surface area contributed by atoms with Crippen LogP contribution in [0.2, 0.25) is 0 Å². The lowest BCUT2D eigenvalue weighted by Gasteiger charge is -2.26. The van der Waals surface area contributed by atoms with Crippen molar-refractivity contribution in [1.29, 1.82) is 0 Å². The minimum atomic E-state index is -1.13. The van der Waals surface area contributed by atoms with Crippen molar-refractivity contribution in [3.63, 3.8) is 0 Å². The third-order valence-corrected chi connectivity index (χ3v) is 12.7. The predicted octanol–water partition coefficient (Wildman–Crippen LogP) is 15.8. The van der Waals surface area contributed by atoms with Crippen molar-refractivity contribution in [1.82, 2.24) is 5.32 Å². The molecule has 0 aromatic heterocycles. The van der Waals surface area contributed by atoms with Gasteiger partial charge in [0.15, 0.2) is 0 Å². The monoisotopic (exact) mass is 808 g/mol. The van der Waals surface area contributed by atoms with E-state index in [9.17, 15) is 20.1 Å². The minimum absolute atomic E-state index is 0.137. The fraction of sp³-hybridized carbons (Fsp3) is 0.981. The van der Waals surface area contributed by atoms with Crippen LogP contribution in [0, 0.1) is 0 Å². The average Bonchev–Trinajstić information content (AvgIpc) is 3.22. The fourth-order valence-electron chi connectivity index (χ4n) is 8.64. The summed E-state index contributed by atoms with van der Waals surface area (Å²) >= 11 is 0. The van der Waals surface area contributed by atoms with Gasteiger partial charge in [-0.15, -0.1) is 0 Å². The number of nitrogens with one attached hydrogen (secondary N) is 1. The molecule has 0 fully saturated rings. The van der Waals surface area contributed by atoms with Crippen molar-refractivity contribution >= 4 is 5.91 Å². The van der Waals surface area contributed by atoms with E-state index in [1.165, 1.54) is 244 Å². The molecule has 1 amide bonds. The van der Waals surface area contributed by atoms with E-state index in [0.717, 1.165) is 32.1 Å². The molecule has 0 aliphatic carbocycles. The summed E-state index contributed by atoms with van der Waals surface area (Å²) in [7, 11) is 0. The van der Waals surface area contributed by atoms with Crippen molar-refractivity contribution < 1.29 is 20.1 Å². The van der Waals surface area contributed by atoms with Gasteiger partial charge in [0.2, 0.25) is 5.91 Å². The maximum atomic E-state index is 12.5. The number of carbonyl (C=O) groups is 1. The van der Waals surface area contributed by atoms with Crippen LogP contribution >= 0.6 is 0 Å². The molecule has 57 heavy (non-hydrogen) atoms. The van der Waals surface area contributed by atoms with Crippen LogP contribution < -0.4 is 5.32 Å². The first-order valence-corrected chi connectivity index (χ1v) is 26.3. The Hall–Kier alpha value is -0.650. The van der Waals surface area contributed by atoms with E-state index in [1.54, 1.807) is 0 Å². The van der Waals surface area contributed by atoms with Crippen LogP contribution in [0.25, 0.3) is 0 Å². The van der Waals surface area contributed by atoms with E-state index in [2.05, 4.69) is 19.2 Å². The third-order valence-electron chi connectivity index (χ3n) is 12.7. The number of amides is 1. The first-order valence-electron chi connectivity index (χ1n) is 26.3. The summed E-state index contributed by atoms with van der Waals surface area (Å²) < 4.78 is 0. The highest BCUT2D eigenvalue weighted by molar-refractivity contribution is 5.76. The number of unbranched alkanes of at least 4 members (excludes halogenated alkanes) is 41. The Bertz CT molecular complexity index is 762. The summed E-state index contributed by atoms with van der Waals surface area (Å²) in [4.78, 5) is 12.5. The third kappa shape index (κ3) is 43.3. The molecular formula is C52H105NO4. The van der Waals surface area contributed by atoms with Crippen LogP contribution in [-0.2, 0) is 4.79 Å². The molecule has 0 aliphatic rings. The maximum absolute atomic E-state index is 12.5. The number of carbonyl (C=O) groups excluding carboxylic acids is 1. The van der Waals surface area contributed by atoms with Gasteiger partial charge >= 0.3 is 0 Å². The van der Waals surface area contributed by atoms with E-state index in [4.69, 9.17) is 0 Å². The van der Waals surface area contributed by atoms with Gasteiger partial charge in [-0.25, -0.2) is 0 Å². The zero-order valence-electron chi connectivity index (χ0n) is 39.0. The lowest BCUT2D eigenvalue weighted by Crippen LogP contribution is -2.50. The minimum Gasteiger partial charge on any atom is -0.394 e. The number of rotatable bonds is 49. The van der Waals surface area contributed by atoms with Crippen LogP contribution in [0.15, 0.2) is 0 Å². The maximum Gasteiger partial charge on any atom is 0.220 e. The van der Waals surface area contributed by atoms with E-state index in [-0.39, 0.29) is 12.5 Å². The van der Waals surface area contributed by atoms with Gasteiger partial charge in [-0.1, -0.05) is 284 Å². The second-order valence-corrected chi connectivity index (χ2v) is 18.4. The van der Waals surface area contributed by atoms with Gasteiger partial charge in [-0.2, -0.15) is 0 Å². The highest BCUT2D eigenvalue weighted by Gasteiger charge is 2.26. The summed E-state index contributed by atoms with van der Waals surface area (Å²) in [6, 6.07) is -0.804. The molecule has 5 nitrogen and oxygen atoms in total. The summed E-state index contributed by atoms with van der Waals surface area (Å²) in [6.07, 6.45) is 56.7. The van der Waals surface area contributed by atoms with Crippen molar-refractivity contribution in [3.8, 4) is 0 Å². The van der Waals surface area contributed by atoms with E-state index in [0.29, 0.717) is 12.8 Å². The fourth-order valence-corrected chi connectivity index (χ4v) is 8.64. The first kappa shape index (κ1) is 56.4. The molecule has 342 valence electrons. The van der Waals surface area contributed by atoms with Gasteiger partial charge in [0, 0.05) is 6.42 Å². The summed E-state index contributed by atoms with van der Waals surface area (Å²) in [5.41, 5.74) is 0. The Morgan fingerprint density at radius 1 is 0.368 bits per heavy atom. The molecule has 0 saturated carbocycles. The standard InChI is InChI=1S/C52H105NO4/c1-3-5-7-9-11-13-15-17-19-21-23-25-27-28-30-32-34-36-38-40-42-44-46-50(55)52(57)49(48-54)53-51(56)47-45-43-41-39-37-35-33-31-29-26-24-22-20-18-16-14-12-10-8-6-4-2/h49-50,52,54-55,57H,3-48H2,1-2H3,(H,53,56). The molecule has 0 aromatic carbocycles. The molecule has 0 bridgehead atoms. The molecule has 0 radical (unpaired) electrons. The molecule has 5 heteroatoms. The molecule has 0 heterocycles.